The predicted molar refractivity (Wildman–Crippen MR) is 54.3 cm³/mol. The van der Waals surface area contributed by atoms with Gasteiger partial charge < -0.3 is 10.8 Å². The first-order chi connectivity index (χ1) is 7.04. The third kappa shape index (κ3) is 3.02. The first-order valence-corrected chi connectivity index (χ1v) is 4.93. The Balaban J connectivity index is 2.64. The Morgan fingerprint density at radius 2 is 2.40 bits per heavy atom. The van der Waals surface area contributed by atoms with Gasteiger partial charge in [-0.1, -0.05) is 12.1 Å². The molecule has 0 bridgehead atoms. The molecule has 1 rings (SSSR count). The number of carboxylic acid groups (broad SMARTS) is 1. The molecule has 0 radical (unpaired) electrons. The average Bonchev–Trinajstić information content (AvgIpc) is 2.65. The number of rotatable bonds is 5. The first-order valence-electron chi connectivity index (χ1n) is 4.93. The van der Waals surface area contributed by atoms with E-state index in [-0.39, 0.29) is 12.5 Å². The summed E-state index contributed by atoms with van der Waals surface area (Å²) in [5.74, 6) is -1.02. The second kappa shape index (κ2) is 4.88. The van der Waals surface area contributed by atoms with E-state index in [2.05, 4.69) is 17.2 Å². The van der Waals surface area contributed by atoms with Crippen LogP contribution in [-0.4, -0.2) is 32.1 Å². The van der Waals surface area contributed by atoms with Crippen LogP contribution in [0.2, 0.25) is 0 Å². The van der Waals surface area contributed by atoms with Gasteiger partial charge >= 0.3 is 5.97 Å². The highest BCUT2D eigenvalue weighted by Crippen LogP contribution is 2.08. The minimum atomic E-state index is -1.02. The molecule has 3 N–H and O–H groups in total. The lowest BCUT2D eigenvalue weighted by Crippen LogP contribution is -2.32. The van der Waals surface area contributed by atoms with Crippen LogP contribution in [0.15, 0.2) is 6.20 Å². The van der Waals surface area contributed by atoms with Gasteiger partial charge in [-0.3, -0.25) is 4.79 Å². The number of aliphatic carboxylic acids is 1. The molecule has 2 unspecified atom stereocenters. The lowest BCUT2D eigenvalue weighted by molar-refractivity contribution is -0.138. The molecule has 1 heterocycles. The Bertz CT molecular complexity index is 337. The van der Waals surface area contributed by atoms with Crippen molar-refractivity contribution >= 4 is 5.97 Å². The van der Waals surface area contributed by atoms with E-state index in [1.807, 2.05) is 6.92 Å². The second-order valence-electron chi connectivity index (χ2n) is 3.60. The number of nitrogens with two attached hydrogens (primary N) is 1. The number of hydrogen-bond donors (Lipinski definition) is 2. The van der Waals surface area contributed by atoms with Gasteiger partial charge in [0.1, 0.15) is 6.04 Å². The highest BCUT2D eigenvalue weighted by Gasteiger charge is 2.15. The molecule has 2 atom stereocenters. The van der Waals surface area contributed by atoms with Crippen LogP contribution in [0.4, 0.5) is 0 Å². The number of carboxylic acids is 1. The lowest BCUT2D eigenvalue weighted by Gasteiger charge is -2.06. The summed E-state index contributed by atoms with van der Waals surface area (Å²) in [6.45, 7) is 4.07. The summed E-state index contributed by atoms with van der Waals surface area (Å²) in [6.07, 6.45) is 2.91. The number of aromatic nitrogens is 3. The molecule has 0 amide bonds. The molecule has 1 aromatic rings. The maximum absolute atomic E-state index is 10.5. The lowest BCUT2D eigenvalue weighted by atomic mass is 10.2. The smallest absolute Gasteiger partial charge is 0.320 e. The maximum Gasteiger partial charge on any atom is 0.320 e. The summed E-state index contributed by atoms with van der Waals surface area (Å²) >= 11 is 0. The Labute approximate surface area is 88.1 Å². The molecule has 0 aliphatic carbocycles. The van der Waals surface area contributed by atoms with Gasteiger partial charge in [-0.25, -0.2) is 4.68 Å². The number of nitrogens with zero attached hydrogens (tertiary/aromatic N) is 3. The van der Waals surface area contributed by atoms with Crippen molar-refractivity contribution in [2.45, 2.75) is 38.8 Å². The largest absolute Gasteiger partial charge is 0.480 e. The van der Waals surface area contributed by atoms with Crippen LogP contribution >= 0.6 is 0 Å². The molecular formula is C9H16N4O2. The van der Waals surface area contributed by atoms with Gasteiger partial charge in [-0.05, 0) is 13.3 Å². The summed E-state index contributed by atoms with van der Waals surface area (Å²) < 4.78 is 1.73. The van der Waals surface area contributed by atoms with Crippen molar-refractivity contribution in [1.29, 1.82) is 0 Å². The van der Waals surface area contributed by atoms with Crippen molar-refractivity contribution in [3.05, 3.63) is 11.9 Å². The quantitative estimate of drug-likeness (QED) is 0.727. The van der Waals surface area contributed by atoms with E-state index in [1.54, 1.807) is 10.9 Å². The summed E-state index contributed by atoms with van der Waals surface area (Å²) in [5, 5.41) is 16.4. The molecule has 0 aromatic carbocycles. The minimum Gasteiger partial charge on any atom is -0.480 e. The summed E-state index contributed by atoms with van der Waals surface area (Å²) in [4.78, 5) is 10.5. The fourth-order valence-corrected chi connectivity index (χ4v) is 1.12. The first kappa shape index (κ1) is 11.6. The minimum absolute atomic E-state index is 0.214. The van der Waals surface area contributed by atoms with Crippen molar-refractivity contribution in [2.75, 3.05) is 0 Å². The van der Waals surface area contributed by atoms with Crippen LogP contribution in [0.25, 0.3) is 0 Å². The normalized spacial score (nSPS) is 14.9. The van der Waals surface area contributed by atoms with Crippen LogP contribution in [0.3, 0.4) is 0 Å². The van der Waals surface area contributed by atoms with E-state index in [1.165, 1.54) is 0 Å². The van der Waals surface area contributed by atoms with Crippen molar-refractivity contribution < 1.29 is 9.90 Å². The van der Waals surface area contributed by atoms with Crippen molar-refractivity contribution in [3.8, 4) is 0 Å². The Kier molecular flexibility index (Phi) is 3.79. The SMILES string of the molecule is CCC(C)n1cc(CC(N)C(=O)O)nn1. The Morgan fingerprint density at radius 1 is 1.73 bits per heavy atom. The van der Waals surface area contributed by atoms with Gasteiger partial charge in [0.2, 0.25) is 0 Å². The Hall–Kier alpha value is -1.43. The molecule has 0 fully saturated rings. The van der Waals surface area contributed by atoms with Crippen molar-refractivity contribution in [3.63, 3.8) is 0 Å². The monoisotopic (exact) mass is 212 g/mol. The molecule has 0 saturated carbocycles. The van der Waals surface area contributed by atoms with Gasteiger partial charge in [0, 0.05) is 12.6 Å². The van der Waals surface area contributed by atoms with Crippen LogP contribution in [-0.2, 0) is 11.2 Å². The third-order valence-electron chi connectivity index (χ3n) is 2.35. The molecule has 1 aromatic heterocycles. The van der Waals surface area contributed by atoms with E-state index in [4.69, 9.17) is 10.8 Å². The van der Waals surface area contributed by atoms with Crippen molar-refractivity contribution in [2.24, 2.45) is 5.73 Å². The van der Waals surface area contributed by atoms with E-state index in [9.17, 15) is 4.79 Å². The highest BCUT2D eigenvalue weighted by atomic mass is 16.4. The zero-order valence-electron chi connectivity index (χ0n) is 8.92. The predicted octanol–water partition coefficient (Wildman–Crippen LogP) is 0.203. The molecular weight excluding hydrogens is 196 g/mol. The molecule has 0 spiro atoms. The second-order valence-corrected chi connectivity index (χ2v) is 3.60. The summed E-state index contributed by atoms with van der Waals surface area (Å²) in [7, 11) is 0. The average molecular weight is 212 g/mol. The summed E-state index contributed by atoms with van der Waals surface area (Å²) in [5.41, 5.74) is 6.01. The number of carbonyl (C=O) groups is 1. The maximum atomic E-state index is 10.5. The zero-order chi connectivity index (χ0) is 11.4. The molecule has 6 heteroatoms. The third-order valence-corrected chi connectivity index (χ3v) is 2.35. The van der Waals surface area contributed by atoms with Gasteiger partial charge in [0.15, 0.2) is 0 Å². The number of hydrogen-bond acceptors (Lipinski definition) is 4. The van der Waals surface area contributed by atoms with Crippen LogP contribution < -0.4 is 5.73 Å². The van der Waals surface area contributed by atoms with Gasteiger partial charge in [-0.2, -0.15) is 0 Å². The van der Waals surface area contributed by atoms with Gasteiger partial charge in [-0.15, -0.1) is 5.10 Å². The van der Waals surface area contributed by atoms with E-state index in [0.29, 0.717) is 5.69 Å². The van der Waals surface area contributed by atoms with E-state index in [0.717, 1.165) is 6.42 Å². The standard InChI is InChI=1S/C9H16N4O2/c1-3-6(2)13-5-7(11-12-13)4-8(10)9(14)15/h5-6,8H,3-4,10H2,1-2H3,(H,14,15). The molecule has 0 saturated heterocycles. The zero-order valence-corrected chi connectivity index (χ0v) is 8.92. The molecule has 84 valence electrons. The molecule has 0 aliphatic rings. The van der Waals surface area contributed by atoms with E-state index < -0.39 is 12.0 Å². The molecule has 0 aliphatic heterocycles. The van der Waals surface area contributed by atoms with Crippen LogP contribution in [0, 0.1) is 0 Å². The Morgan fingerprint density at radius 3 is 2.93 bits per heavy atom. The highest BCUT2D eigenvalue weighted by molar-refractivity contribution is 5.73. The topological polar surface area (TPSA) is 94.0 Å². The van der Waals surface area contributed by atoms with Gasteiger partial charge in [0.25, 0.3) is 0 Å². The van der Waals surface area contributed by atoms with E-state index >= 15 is 0 Å². The molecule has 6 nitrogen and oxygen atoms in total. The van der Waals surface area contributed by atoms with Crippen LogP contribution in [0.5, 0.6) is 0 Å². The molecule has 15 heavy (non-hydrogen) atoms. The summed E-state index contributed by atoms with van der Waals surface area (Å²) in [6, 6.07) is -0.639. The van der Waals surface area contributed by atoms with Crippen LogP contribution in [0.1, 0.15) is 32.0 Å². The fraction of sp³-hybridized carbons (Fsp3) is 0.667. The van der Waals surface area contributed by atoms with Gasteiger partial charge in [0.05, 0.1) is 11.7 Å². The fourth-order valence-electron chi connectivity index (χ4n) is 1.12. The van der Waals surface area contributed by atoms with Crippen molar-refractivity contribution in [1.82, 2.24) is 15.0 Å².